The predicted octanol–water partition coefficient (Wildman–Crippen LogP) is 1.64. The summed E-state index contributed by atoms with van der Waals surface area (Å²) in [5.74, 6) is 0.973. The molecule has 2 aliphatic rings. The molecule has 1 aliphatic carbocycles. The summed E-state index contributed by atoms with van der Waals surface area (Å²) < 4.78 is 3.15. The van der Waals surface area contributed by atoms with Gasteiger partial charge in [0.1, 0.15) is 0 Å². The van der Waals surface area contributed by atoms with Crippen LogP contribution >= 0.6 is 22.9 Å². The predicted molar refractivity (Wildman–Crippen MR) is 76.8 cm³/mol. The van der Waals surface area contributed by atoms with E-state index in [0.29, 0.717) is 0 Å². The van der Waals surface area contributed by atoms with Crippen molar-refractivity contribution in [2.45, 2.75) is 26.2 Å². The standard InChI is InChI=1S/C12H24IN3/c1-2-16-7-3-12(4-8-16)9-11(12)10-14-5-6-15-13/h11,14-15H,2-10H2,1H3. The van der Waals surface area contributed by atoms with Crippen LogP contribution in [0.1, 0.15) is 26.2 Å². The van der Waals surface area contributed by atoms with Crippen LogP contribution in [0, 0.1) is 11.3 Å². The molecule has 0 aromatic heterocycles. The summed E-state index contributed by atoms with van der Waals surface area (Å²) >= 11 is 2.21. The molecule has 2 rings (SSSR count). The molecular formula is C12H24IN3. The summed E-state index contributed by atoms with van der Waals surface area (Å²) in [5.41, 5.74) is 0.746. The van der Waals surface area contributed by atoms with Crippen molar-refractivity contribution in [3.8, 4) is 0 Å². The van der Waals surface area contributed by atoms with Gasteiger partial charge in [0.05, 0.1) is 0 Å². The van der Waals surface area contributed by atoms with E-state index in [4.69, 9.17) is 0 Å². The number of nitrogens with one attached hydrogen (secondary N) is 2. The molecule has 1 saturated carbocycles. The van der Waals surface area contributed by atoms with Crippen molar-refractivity contribution in [2.24, 2.45) is 11.3 Å². The van der Waals surface area contributed by atoms with Crippen LogP contribution in [0.15, 0.2) is 0 Å². The lowest BCUT2D eigenvalue weighted by Crippen LogP contribution is -2.36. The highest BCUT2D eigenvalue weighted by molar-refractivity contribution is 14.1. The van der Waals surface area contributed by atoms with Crippen LogP contribution in [0.3, 0.4) is 0 Å². The fourth-order valence-electron chi connectivity index (χ4n) is 3.06. The molecule has 0 bridgehead atoms. The maximum absolute atomic E-state index is 3.56. The topological polar surface area (TPSA) is 27.3 Å². The summed E-state index contributed by atoms with van der Waals surface area (Å²) in [7, 11) is 0. The van der Waals surface area contributed by atoms with Crippen LogP contribution in [0.2, 0.25) is 0 Å². The van der Waals surface area contributed by atoms with Crippen molar-refractivity contribution in [3.63, 3.8) is 0 Å². The van der Waals surface area contributed by atoms with E-state index in [2.05, 4.69) is 43.5 Å². The molecule has 0 aromatic carbocycles. The fourth-order valence-corrected chi connectivity index (χ4v) is 3.33. The second kappa shape index (κ2) is 5.98. The summed E-state index contributed by atoms with van der Waals surface area (Å²) in [5, 5.41) is 3.56. The van der Waals surface area contributed by atoms with Gasteiger partial charge in [0.15, 0.2) is 0 Å². The smallest absolute Gasteiger partial charge is 0.0175 e. The molecule has 0 amide bonds. The van der Waals surface area contributed by atoms with Gasteiger partial charge < -0.3 is 10.2 Å². The highest BCUT2D eigenvalue weighted by Crippen LogP contribution is 2.58. The van der Waals surface area contributed by atoms with Crippen molar-refractivity contribution in [3.05, 3.63) is 0 Å². The van der Waals surface area contributed by atoms with Gasteiger partial charge in [-0.3, -0.25) is 3.53 Å². The van der Waals surface area contributed by atoms with E-state index < -0.39 is 0 Å². The molecule has 4 heteroatoms. The summed E-state index contributed by atoms with van der Waals surface area (Å²) in [6, 6.07) is 0. The Labute approximate surface area is 113 Å². The van der Waals surface area contributed by atoms with E-state index in [-0.39, 0.29) is 0 Å². The van der Waals surface area contributed by atoms with Crippen LogP contribution in [-0.4, -0.2) is 44.2 Å². The van der Waals surface area contributed by atoms with Gasteiger partial charge in [-0.25, -0.2) is 0 Å². The molecule has 3 nitrogen and oxygen atoms in total. The van der Waals surface area contributed by atoms with Crippen LogP contribution in [0.5, 0.6) is 0 Å². The summed E-state index contributed by atoms with van der Waals surface area (Å²) in [6.07, 6.45) is 4.37. The lowest BCUT2D eigenvalue weighted by molar-refractivity contribution is 0.169. The molecule has 1 saturated heterocycles. The summed E-state index contributed by atoms with van der Waals surface area (Å²) in [6.45, 7) is 9.61. The van der Waals surface area contributed by atoms with Gasteiger partial charge in [-0.2, -0.15) is 0 Å². The van der Waals surface area contributed by atoms with E-state index in [1.807, 2.05) is 0 Å². The summed E-state index contributed by atoms with van der Waals surface area (Å²) in [4.78, 5) is 2.59. The Morgan fingerprint density at radius 3 is 2.69 bits per heavy atom. The SMILES string of the molecule is CCN1CCC2(CC1)CC2CNCCNI. The van der Waals surface area contributed by atoms with Gasteiger partial charge in [0.25, 0.3) is 0 Å². The number of halogens is 1. The molecule has 94 valence electrons. The Kier molecular flexibility index (Phi) is 4.88. The largest absolute Gasteiger partial charge is 0.315 e. The van der Waals surface area contributed by atoms with Crippen LogP contribution < -0.4 is 8.85 Å². The fraction of sp³-hybridized carbons (Fsp3) is 1.00. The first-order valence-corrected chi connectivity index (χ1v) is 7.65. The van der Waals surface area contributed by atoms with Gasteiger partial charge in [0, 0.05) is 36.0 Å². The molecule has 1 atom stereocenters. The van der Waals surface area contributed by atoms with E-state index >= 15 is 0 Å². The Morgan fingerprint density at radius 2 is 2.06 bits per heavy atom. The van der Waals surface area contributed by atoms with E-state index in [0.717, 1.165) is 24.4 Å². The van der Waals surface area contributed by atoms with Crippen molar-refractivity contribution in [1.29, 1.82) is 0 Å². The zero-order chi connectivity index (χ0) is 11.4. The monoisotopic (exact) mass is 337 g/mol. The third-order valence-electron chi connectivity index (χ3n) is 4.44. The van der Waals surface area contributed by atoms with Crippen molar-refractivity contribution < 1.29 is 0 Å². The minimum Gasteiger partial charge on any atom is -0.315 e. The van der Waals surface area contributed by atoms with Crippen molar-refractivity contribution >= 4 is 22.9 Å². The van der Waals surface area contributed by atoms with Crippen LogP contribution in [0.25, 0.3) is 0 Å². The zero-order valence-electron chi connectivity index (χ0n) is 10.3. The van der Waals surface area contributed by atoms with E-state index in [9.17, 15) is 0 Å². The molecule has 16 heavy (non-hydrogen) atoms. The number of piperidine rings is 1. The highest BCUT2D eigenvalue weighted by Gasteiger charge is 2.53. The molecule has 1 aliphatic heterocycles. The molecule has 2 fully saturated rings. The number of nitrogens with zero attached hydrogens (tertiary/aromatic N) is 1. The lowest BCUT2D eigenvalue weighted by atomic mass is 9.91. The first-order chi connectivity index (χ1) is 7.80. The third kappa shape index (κ3) is 3.09. The Bertz CT molecular complexity index is 214. The average molecular weight is 337 g/mol. The second-order valence-corrected chi connectivity index (χ2v) is 6.05. The molecular weight excluding hydrogens is 313 g/mol. The number of likely N-dealkylation sites (tertiary alicyclic amines) is 1. The molecule has 1 heterocycles. The Hall–Kier alpha value is 0.610. The van der Waals surface area contributed by atoms with Crippen LogP contribution in [0.4, 0.5) is 0 Å². The highest BCUT2D eigenvalue weighted by atomic mass is 127. The van der Waals surface area contributed by atoms with Gasteiger partial charge in [0.2, 0.25) is 0 Å². The normalized spacial score (nSPS) is 28.5. The van der Waals surface area contributed by atoms with Gasteiger partial charge in [-0.15, -0.1) is 0 Å². The quantitative estimate of drug-likeness (QED) is 0.438. The van der Waals surface area contributed by atoms with Gasteiger partial charge in [-0.05, 0) is 56.8 Å². The van der Waals surface area contributed by atoms with E-state index in [1.165, 1.54) is 45.4 Å². The third-order valence-corrected chi connectivity index (χ3v) is 4.98. The molecule has 1 spiro atoms. The van der Waals surface area contributed by atoms with Crippen LogP contribution in [-0.2, 0) is 0 Å². The molecule has 2 N–H and O–H groups in total. The molecule has 0 radical (unpaired) electrons. The number of hydrogen-bond acceptors (Lipinski definition) is 3. The number of rotatable bonds is 6. The first-order valence-electron chi connectivity index (χ1n) is 6.57. The minimum atomic E-state index is 0.746. The Balaban J connectivity index is 1.62. The van der Waals surface area contributed by atoms with Crippen molar-refractivity contribution in [2.75, 3.05) is 39.3 Å². The molecule has 1 unspecified atom stereocenters. The minimum absolute atomic E-state index is 0.746. The van der Waals surface area contributed by atoms with Crippen molar-refractivity contribution in [1.82, 2.24) is 13.7 Å². The van der Waals surface area contributed by atoms with Gasteiger partial charge in [-0.1, -0.05) is 6.92 Å². The molecule has 0 aromatic rings. The second-order valence-electron chi connectivity index (χ2n) is 5.29. The maximum atomic E-state index is 3.56. The van der Waals surface area contributed by atoms with Gasteiger partial charge >= 0.3 is 0 Å². The van der Waals surface area contributed by atoms with E-state index in [1.54, 1.807) is 0 Å². The Morgan fingerprint density at radius 1 is 1.31 bits per heavy atom. The lowest BCUT2D eigenvalue weighted by Gasteiger charge is -2.32. The first kappa shape index (κ1) is 13.1. The zero-order valence-corrected chi connectivity index (χ0v) is 12.4. The maximum Gasteiger partial charge on any atom is 0.0175 e. The average Bonchev–Trinajstić information content (AvgIpc) is 2.99. The number of hydrogen-bond donors (Lipinski definition) is 2.